The summed E-state index contributed by atoms with van der Waals surface area (Å²) in [6.07, 6.45) is 0. The normalized spacial score (nSPS) is 10.7. The molecule has 0 saturated heterocycles. The third-order valence-corrected chi connectivity index (χ3v) is 4.11. The number of hydrogen-bond donors (Lipinski definition) is 1. The zero-order valence-electron chi connectivity index (χ0n) is 13.5. The van der Waals surface area contributed by atoms with E-state index in [0.29, 0.717) is 0 Å². The van der Waals surface area contributed by atoms with E-state index in [4.69, 9.17) is 4.98 Å². The molecule has 0 unspecified atom stereocenters. The van der Waals surface area contributed by atoms with Gasteiger partial charge >= 0.3 is 0 Å². The lowest BCUT2D eigenvalue weighted by atomic mass is 10.0. The van der Waals surface area contributed by atoms with Crippen molar-refractivity contribution in [2.24, 2.45) is 0 Å². The number of rotatable bonds is 3. The van der Waals surface area contributed by atoms with E-state index in [2.05, 4.69) is 66.8 Å². The van der Waals surface area contributed by atoms with E-state index >= 15 is 0 Å². The summed E-state index contributed by atoms with van der Waals surface area (Å²) in [5.41, 5.74) is 4.43. The number of aromatic nitrogens is 1. The summed E-state index contributed by atoms with van der Waals surface area (Å²) >= 11 is 0. The third kappa shape index (κ3) is 2.86. The molecule has 0 aliphatic carbocycles. The Morgan fingerprint density at radius 2 is 1.46 bits per heavy atom. The molecule has 0 aliphatic rings. The molecule has 0 radical (unpaired) electrons. The number of nitrogens with one attached hydrogen (secondary N) is 1. The van der Waals surface area contributed by atoms with Crippen molar-refractivity contribution in [3.63, 3.8) is 0 Å². The van der Waals surface area contributed by atoms with Gasteiger partial charge in [-0.1, -0.05) is 72.3 Å². The van der Waals surface area contributed by atoms with Gasteiger partial charge in [-0.3, -0.25) is 0 Å². The van der Waals surface area contributed by atoms with Crippen molar-refractivity contribution in [3.8, 4) is 11.3 Å². The van der Waals surface area contributed by atoms with Gasteiger partial charge in [0.1, 0.15) is 5.82 Å². The first-order chi connectivity index (χ1) is 11.8. The van der Waals surface area contributed by atoms with Crippen molar-refractivity contribution in [3.05, 3.63) is 90.5 Å². The smallest absolute Gasteiger partial charge is 0.131 e. The van der Waals surface area contributed by atoms with E-state index in [1.165, 1.54) is 16.3 Å². The van der Waals surface area contributed by atoms with Crippen LogP contribution >= 0.6 is 0 Å². The lowest BCUT2D eigenvalue weighted by Crippen LogP contribution is -1.96. The molecule has 2 nitrogen and oxygen atoms in total. The van der Waals surface area contributed by atoms with Crippen LogP contribution < -0.4 is 5.32 Å². The Morgan fingerprint density at radius 3 is 2.25 bits per heavy atom. The van der Waals surface area contributed by atoms with E-state index in [-0.39, 0.29) is 0 Å². The average molecular weight is 310 g/mol. The summed E-state index contributed by atoms with van der Waals surface area (Å²) in [5.74, 6) is 0.857. The van der Waals surface area contributed by atoms with Crippen molar-refractivity contribution in [1.29, 1.82) is 0 Å². The van der Waals surface area contributed by atoms with E-state index in [0.717, 1.165) is 22.8 Å². The fraction of sp³-hybridized carbons (Fsp3) is 0.0455. The second kappa shape index (κ2) is 6.17. The Kier molecular flexibility index (Phi) is 3.72. The summed E-state index contributed by atoms with van der Waals surface area (Å²) in [5, 5.41) is 5.76. The first kappa shape index (κ1) is 14.5. The standard InChI is InChI=1S/C22H18N2/c1-16-11-13-17(14-12-16)22-20-10-6-5-7-18(20)15-21(24-22)23-19-8-3-2-4-9-19/h2-15H,1H3,(H,23,24). The van der Waals surface area contributed by atoms with Crippen molar-refractivity contribution < 1.29 is 0 Å². The zero-order chi connectivity index (χ0) is 16.4. The molecule has 0 amide bonds. The monoisotopic (exact) mass is 310 g/mol. The molecule has 2 heteroatoms. The topological polar surface area (TPSA) is 24.9 Å². The Labute approximate surface area is 141 Å². The van der Waals surface area contributed by atoms with Crippen molar-refractivity contribution >= 4 is 22.3 Å². The molecule has 24 heavy (non-hydrogen) atoms. The Bertz CT molecular complexity index is 974. The molecule has 1 heterocycles. The molecule has 0 aliphatic heterocycles. The summed E-state index contributed by atoms with van der Waals surface area (Å²) in [7, 11) is 0. The molecule has 4 aromatic rings. The van der Waals surface area contributed by atoms with Gasteiger partial charge in [0.25, 0.3) is 0 Å². The highest BCUT2D eigenvalue weighted by atomic mass is 15.0. The van der Waals surface area contributed by atoms with Crippen LogP contribution in [0, 0.1) is 6.92 Å². The Morgan fingerprint density at radius 1 is 0.750 bits per heavy atom. The minimum absolute atomic E-state index is 0.857. The molecule has 0 atom stereocenters. The highest BCUT2D eigenvalue weighted by Gasteiger charge is 2.08. The van der Waals surface area contributed by atoms with Crippen molar-refractivity contribution in [2.75, 3.05) is 5.32 Å². The predicted molar refractivity (Wildman–Crippen MR) is 102 cm³/mol. The first-order valence-corrected chi connectivity index (χ1v) is 8.08. The summed E-state index contributed by atoms with van der Waals surface area (Å²) in [4.78, 5) is 4.88. The van der Waals surface area contributed by atoms with Gasteiger partial charge in [0.2, 0.25) is 0 Å². The highest BCUT2D eigenvalue weighted by Crippen LogP contribution is 2.30. The van der Waals surface area contributed by atoms with Crippen molar-refractivity contribution in [2.45, 2.75) is 6.92 Å². The average Bonchev–Trinajstić information content (AvgIpc) is 2.63. The molecule has 1 aromatic heterocycles. The summed E-state index contributed by atoms with van der Waals surface area (Å²) in [6.45, 7) is 2.10. The van der Waals surface area contributed by atoms with Crippen LogP contribution in [0.1, 0.15) is 5.56 Å². The largest absolute Gasteiger partial charge is 0.340 e. The zero-order valence-corrected chi connectivity index (χ0v) is 13.5. The number of pyridine rings is 1. The SMILES string of the molecule is Cc1ccc(-c2nc(Nc3ccccc3)cc3ccccc23)cc1. The van der Waals surface area contributed by atoms with Gasteiger partial charge < -0.3 is 5.32 Å². The van der Waals surface area contributed by atoms with Crippen LogP contribution in [-0.4, -0.2) is 4.98 Å². The van der Waals surface area contributed by atoms with E-state index < -0.39 is 0 Å². The number of nitrogens with zero attached hydrogens (tertiary/aromatic N) is 1. The molecule has 3 aromatic carbocycles. The van der Waals surface area contributed by atoms with Crippen LogP contribution in [-0.2, 0) is 0 Å². The Balaban J connectivity index is 1.86. The minimum Gasteiger partial charge on any atom is -0.340 e. The van der Waals surface area contributed by atoms with E-state index in [1.54, 1.807) is 0 Å². The molecule has 0 spiro atoms. The first-order valence-electron chi connectivity index (χ1n) is 8.08. The van der Waals surface area contributed by atoms with Crippen LogP contribution in [0.2, 0.25) is 0 Å². The number of anilines is 2. The molecule has 4 rings (SSSR count). The second-order valence-corrected chi connectivity index (χ2v) is 5.93. The maximum atomic E-state index is 4.88. The molecule has 116 valence electrons. The molecule has 0 saturated carbocycles. The van der Waals surface area contributed by atoms with Gasteiger partial charge in [0.05, 0.1) is 5.69 Å². The number of aryl methyl sites for hydroxylation is 1. The van der Waals surface area contributed by atoms with Gasteiger partial charge in [-0.25, -0.2) is 4.98 Å². The quantitative estimate of drug-likeness (QED) is 0.505. The molecular formula is C22H18N2. The van der Waals surface area contributed by atoms with Crippen LogP contribution in [0.3, 0.4) is 0 Å². The maximum Gasteiger partial charge on any atom is 0.131 e. The molecular weight excluding hydrogens is 292 g/mol. The number of hydrogen-bond acceptors (Lipinski definition) is 2. The maximum absolute atomic E-state index is 4.88. The fourth-order valence-corrected chi connectivity index (χ4v) is 2.86. The van der Waals surface area contributed by atoms with Crippen LogP contribution in [0.5, 0.6) is 0 Å². The van der Waals surface area contributed by atoms with Gasteiger partial charge in [0.15, 0.2) is 0 Å². The summed E-state index contributed by atoms with van der Waals surface area (Å²) < 4.78 is 0. The number of benzene rings is 3. The van der Waals surface area contributed by atoms with Crippen LogP contribution in [0.25, 0.3) is 22.0 Å². The van der Waals surface area contributed by atoms with Gasteiger partial charge in [-0.2, -0.15) is 0 Å². The number of fused-ring (bicyclic) bond motifs is 1. The molecule has 1 N–H and O–H groups in total. The lowest BCUT2D eigenvalue weighted by Gasteiger charge is -2.11. The second-order valence-electron chi connectivity index (χ2n) is 5.93. The van der Waals surface area contributed by atoms with Gasteiger partial charge in [-0.15, -0.1) is 0 Å². The van der Waals surface area contributed by atoms with Gasteiger partial charge in [-0.05, 0) is 30.5 Å². The molecule has 0 fully saturated rings. The predicted octanol–water partition coefficient (Wildman–Crippen LogP) is 5.95. The Hall–Kier alpha value is -3.13. The van der Waals surface area contributed by atoms with Crippen LogP contribution in [0.15, 0.2) is 84.9 Å². The fourth-order valence-electron chi connectivity index (χ4n) is 2.86. The van der Waals surface area contributed by atoms with Crippen molar-refractivity contribution in [1.82, 2.24) is 4.98 Å². The number of para-hydroxylation sites is 1. The van der Waals surface area contributed by atoms with Gasteiger partial charge in [0, 0.05) is 16.6 Å². The summed E-state index contributed by atoms with van der Waals surface area (Å²) in [6, 6.07) is 29.1. The highest BCUT2D eigenvalue weighted by molar-refractivity contribution is 5.96. The third-order valence-electron chi connectivity index (χ3n) is 4.11. The molecule has 0 bridgehead atoms. The minimum atomic E-state index is 0.857. The lowest BCUT2D eigenvalue weighted by molar-refractivity contribution is 1.33. The van der Waals surface area contributed by atoms with E-state index in [1.807, 2.05) is 30.3 Å². The van der Waals surface area contributed by atoms with Crippen LogP contribution in [0.4, 0.5) is 11.5 Å². The van der Waals surface area contributed by atoms with E-state index in [9.17, 15) is 0 Å².